The van der Waals surface area contributed by atoms with Gasteiger partial charge in [-0.1, -0.05) is 67.8 Å². The highest BCUT2D eigenvalue weighted by atomic mass is 35.5. The van der Waals surface area contributed by atoms with Crippen LogP contribution in [-0.4, -0.2) is 133 Å². The van der Waals surface area contributed by atoms with Gasteiger partial charge in [-0.05, 0) is 75.4 Å². The summed E-state index contributed by atoms with van der Waals surface area (Å²) in [7, 11) is 5.91. The van der Waals surface area contributed by atoms with E-state index in [1.807, 2.05) is 13.0 Å². The quantitative estimate of drug-likeness (QED) is 0.0980. The molecule has 4 aliphatic heterocycles. The molecule has 17 nitrogen and oxygen atoms in total. The molecule has 1 unspecified atom stereocenters. The fraction of sp³-hybridized carbons (Fsp3) is 0.549. The molecule has 2 aromatic rings. The fourth-order valence-electron chi connectivity index (χ4n) is 9.32. The molecular weight excluding hydrogens is 912 g/mol. The van der Waals surface area contributed by atoms with Crippen molar-refractivity contribution in [3.8, 4) is 5.75 Å². The first-order valence-corrected chi connectivity index (χ1v) is 23.8. The van der Waals surface area contributed by atoms with Crippen molar-refractivity contribution in [2.75, 3.05) is 39.8 Å². The second-order valence-corrected chi connectivity index (χ2v) is 19.4. The van der Waals surface area contributed by atoms with Gasteiger partial charge in [-0.15, -0.1) is 0 Å². The van der Waals surface area contributed by atoms with Crippen molar-refractivity contribution >= 4 is 58.8 Å². The number of anilines is 1. The van der Waals surface area contributed by atoms with Gasteiger partial charge in [0.1, 0.15) is 46.5 Å². The van der Waals surface area contributed by atoms with Crippen LogP contribution in [0.2, 0.25) is 5.02 Å². The summed E-state index contributed by atoms with van der Waals surface area (Å²) in [6.07, 6.45) is 3.18. The highest BCUT2D eigenvalue weighted by Crippen LogP contribution is 2.49. The van der Waals surface area contributed by atoms with Crippen molar-refractivity contribution in [2.45, 2.75) is 134 Å². The van der Waals surface area contributed by atoms with Crippen LogP contribution in [0.5, 0.6) is 5.75 Å². The number of rotatable bonds is 14. The molecule has 374 valence electrons. The number of nitrogens with one attached hydrogen (secondary N) is 1. The summed E-state index contributed by atoms with van der Waals surface area (Å²) >= 11 is 6.81. The predicted molar refractivity (Wildman–Crippen MR) is 254 cm³/mol. The van der Waals surface area contributed by atoms with Crippen LogP contribution in [-0.2, 0) is 55.8 Å². The zero-order valence-corrected chi connectivity index (χ0v) is 41.6. The van der Waals surface area contributed by atoms with E-state index < -0.39 is 71.6 Å². The molecule has 0 aliphatic carbocycles. The summed E-state index contributed by atoms with van der Waals surface area (Å²) in [5, 5.41) is 14.5. The molecule has 0 aromatic heterocycles. The van der Waals surface area contributed by atoms with Crippen molar-refractivity contribution in [2.24, 2.45) is 11.8 Å². The molecule has 0 radical (unpaired) electrons. The number of halogens is 1. The van der Waals surface area contributed by atoms with Crippen molar-refractivity contribution in [1.29, 1.82) is 0 Å². The Kier molecular flexibility index (Phi) is 16.8. The van der Waals surface area contributed by atoms with Crippen LogP contribution in [0.3, 0.4) is 0 Å². The number of imide groups is 1. The number of carbonyl (C=O) groups is 7. The van der Waals surface area contributed by atoms with Crippen molar-refractivity contribution in [1.82, 2.24) is 15.1 Å². The molecule has 2 aromatic carbocycles. The van der Waals surface area contributed by atoms with Gasteiger partial charge in [0.15, 0.2) is 5.72 Å². The molecule has 6 rings (SSSR count). The maximum absolute atomic E-state index is 14.4. The molecule has 0 saturated carbocycles. The summed E-state index contributed by atoms with van der Waals surface area (Å²) in [4.78, 5) is 96.1. The smallest absolute Gasteiger partial charge is 0.409 e. The topological polar surface area (TPSA) is 211 Å². The van der Waals surface area contributed by atoms with E-state index in [-0.39, 0.29) is 59.8 Å². The highest BCUT2D eigenvalue weighted by molar-refractivity contribution is 6.35. The van der Waals surface area contributed by atoms with Gasteiger partial charge in [-0.25, -0.2) is 9.59 Å². The summed E-state index contributed by atoms with van der Waals surface area (Å²) in [5.41, 5.74) is -0.148. The Morgan fingerprint density at radius 3 is 2.39 bits per heavy atom. The zero-order chi connectivity index (χ0) is 50.5. The van der Waals surface area contributed by atoms with Gasteiger partial charge in [0.25, 0.3) is 5.91 Å². The number of fused-ring (bicyclic) bond motifs is 5. The van der Waals surface area contributed by atoms with Gasteiger partial charge in [0.2, 0.25) is 17.7 Å². The van der Waals surface area contributed by atoms with Gasteiger partial charge >= 0.3 is 12.1 Å². The number of methoxy groups -OCH3 is 2. The molecule has 4 bridgehead atoms. The largest absolute Gasteiger partial charge is 0.495 e. The number of Topliss-reactive ketones (excluding diaryl/α,β-unsaturated/α-hetero) is 1. The molecular formula is C51H65ClN4O13. The average molecular weight is 978 g/mol. The molecule has 5 amide bonds. The number of amides is 5. The number of aliphatic hydroxyl groups is 1. The number of hydrogen-bond acceptors (Lipinski definition) is 13. The Labute approximate surface area is 408 Å². The first kappa shape index (κ1) is 52.7. The van der Waals surface area contributed by atoms with Gasteiger partial charge in [0, 0.05) is 70.8 Å². The Morgan fingerprint density at radius 2 is 1.74 bits per heavy atom. The Bertz CT molecular complexity index is 2370. The monoisotopic (exact) mass is 976 g/mol. The predicted octanol–water partition coefficient (Wildman–Crippen LogP) is 5.90. The SMILES string of the molecule is COc1cc2cc(c1Cl)N(C)C(=O)C[C@H](OC(=O)[C@H](C)N(C)C(=O)c1ccc(CC(=O)CCCCCN3C(=O)CC(C)C3=O)cc1)[C@]1(C)O[C@H]1[C@H](C)[C@@H]1C[C@@](O)(NC(=O)O1)[C@H](OC)/C=C/C=C(\C)C2. The zero-order valence-electron chi connectivity index (χ0n) is 40.9. The Morgan fingerprint density at radius 1 is 1.03 bits per heavy atom. The number of unbranched alkanes of at least 4 members (excludes halogenated alkanes) is 2. The lowest BCUT2D eigenvalue weighted by Crippen LogP contribution is -2.63. The molecule has 18 heteroatoms. The number of nitrogens with zero attached hydrogens (tertiary/aromatic N) is 3. The van der Waals surface area contributed by atoms with Crippen LogP contribution in [0.15, 0.2) is 60.2 Å². The molecule has 3 fully saturated rings. The summed E-state index contributed by atoms with van der Waals surface area (Å²) in [6, 6.07) is 8.96. The maximum atomic E-state index is 14.4. The lowest BCUT2D eigenvalue weighted by Gasteiger charge is -2.42. The van der Waals surface area contributed by atoms with Gasteiger partial charge in [0.05, 0.1) is 25.3 Å². The number of ether oxygens (including phenoxy) is 5. The van der Waals surface area contributed by atoms with E-state index in [2.05, 4.69) is 5.32 Å². The first-order valence-electron chi connectivity index (χ1n) is 23.4. The Balaban J connectivity index is 1.16. The minimum Gasteiger partial charge on any atom is -0.495 e. The lowest BCUT2D eigenvalue weighted by atomic mass is 9.83. The summed E-state index contributed by atoms with van der Waals surface area (Å²) in [5.74, 6) is -2.58. The standard InChI is InChI=1S/C51H65ClN4O13/c1-29-14-13-16-40(66-9)51(64)28-39(67-49(63)53-51)31(3)45-50(5,69-45)41(27-42(58)55(7)37-25-34(22-29)26-38(65-8)44(37)52)68-48(62)32(4)54(6)47(61)35-19-17-33(18-20-35)24-36(57)15-11-10-12-21-56-43(59)23-30(2)46(56)60/h13-14,16-20,25-26,30-32,39-41,45,64H,10-12,15,21-24,27-28H2,1-9H3,(H,53,63)/b16-13+,29-14+/t30?,31-,32+,39+,40-,41+,45+,50+,51+/m1/s1. The molecule has 4 heterocycles. The van der Waals surface area contributed by atoms with Gasteiger partial charge in [-0.2, -0.15) is 0 Å². The summed E-state index contributed by atoms with van der Waals surface area (Å²) in [6.45, 7) is 8.99. The number of likely N-dealkylation sites (N-methyl/N-ethyl adjacent to an activating group) is 1. The normalized spacial score (nSPS) is 28.9. The lowest BCUT2D eigenvalue weighted by molar-refractivity contribution is -0.158. The van der Waals surface area contributed by atoms with E-state index in [4.69, 9.17) is 35.3 Å². The number of likely N-dealkylation sites (tertiary alicyclic amines) is 1. The van der Waals surface area contributed by atoms with Crippen LogP contribution in [0, 0.1) is 11.8 Å². The van der Waals surface area contributed by atoms with Crippen molar-refractivity contribution in [3.63, 3.8) is 0 Å². The number of ketones is 1. The number of hydrogen-bond donors (Lipinski definition) is 2. The molecule has 69 heavy (non-hydrogen) atoms. The number of carbonyl (C=O) groups excluding carboxylic acids is 7. The van der Waals surface area contributed by atoms with Crippen LogP contribution in [0.4, 0.5) is 10.5 Å². The first-order chi connectivity index (χ1) is 32.6. The average Bonchev–Trinajstić information content (AvgIpc) is 3.94. The highest BCUT2D eigenvalue weighted by Gasteiger charge is 2.64. The van der Waals surface area contributed by atoms with E-state index in [1.54, 1.807) is 76.4 Å². The van der Waals surface area contributed by atoms with E-state index in [1.165, 1.54) is 42.9 Å². The third-order valence-corrected chi connectivity index (χ3v) is 14.2. The minimum atomic E-state index is -1.87. The minimum absolute atomic E-state index is 0.0171. The van der Waals surface area contributed by atoms with Crippen LogP contribution in [0.25, 0.3) is 0 Å². The molecule has 3 saturated heterocycles. The molecule has 4 aliphatic rings. The third-order valence-electron chi connectivity index (χ3n) is 13.9. The van der Waals surface area contributed by atoms with E-state index in [0.717, 1.165) is 11.1 Å². The Hall–Kier alpha value is -5.62. The second kappa shape index (κ2) is 22.0. The number of allylic oxidation sites excluding steroid dienone is 3. The number of benzene rings is 2. The van der Waals surface area contributed by atoms with Gasteiger partial charge < -0.3 is 38.6 Å². The second-order valence-electron chi connectivity index (χ2n) is 19.0. The van der Waals surface area contributed by atoms with E-state index >= 15 is 0 Å². The molecule has 9 atom stereocenters. The third kappa shape index (κ3) is 12.0. The van der Waals surface area contributed by atoms with Crippen molar-refractivity contribution < 1.29 is 62.4 Å². The fourth-order valence-corrected chi connectivity index (χ4v) is 9.63. The van der Waals surface area contributed by atoms with E-state index in [0.29, 0.717) is 55.6 Å². The van der Waals surface area contributed by atoms with Gasteiger partial charge in [-0.3, -0.25) is 34.2 Å². The maximum Gasteiger partial charge on any atom is 0.409 e. The molecule has 0 spiro atoms. The van der Waals surface area contributed by atoms with Crippen LogP contribution in [0.1, 0.15) is 101 Å². The van der Waals surface area contributed by atoms with E-state index in [9.17, 15) is 38.7 Å². The number of alkyl carbamates (subject to hydrolysis) is 1. The summed E-state index contributed by atoms with van der Waals surface area (Å²) < 4.78 is 29.5. The number of esters is 1. The van der Waals surface area contributed by atoms with Crippen LogP contribution < -0.4 is 15.0 Å². The molecule has 2 N–H and O–H groups in total. The number of epoxide rings is 1. The van der Waals surface area contributed by atoms with Crippen molar-refractivity contribution in [3.05, 3.63) is 81.9 Å². The van der Waals surface area contributed by atoms with Crippen LogP contribution >= 0.6 is 11.6 Å².